The van der Waals surface area contributed by atoms with Gasteiger partial charge < -0.3 is 20.4 Å². The maximum Gasteiger partial charge on any atom is 0.251 e. The number of nitrogens with one attached hydrogen (secondary N) is 3. The van der Waals surface area contributed by atoms with E-state index in [0.717, 1.165) is 11.0 Å². The van der Waals surface area contributed by atoms with Crippen molar-refractivity contribution in [1.82, 2.24) is 20.6 Å². The van der Waals surface area contributed by atoms with Crippen molar-refractivity contribution >= 4 is 22.8 Å². The Morgan fingerprint density at radius 1 is 1.19 bits per heavy atom. The number of methoxy groups -OCH3 is 1. The molecule has 7 nitrogen and oxygen atoms in total. The van der Waals surface area contributed by atoms with Crippen molar-refractivity contribution in [3.63, 3.8) is 0 Å². The highest BCUT2D eigenvalue weighted by atomic mass is 16.5. The summed E-state index contributed by atoms with van der Waals surface area (Å²) in [6.07, 6.45) is 0. The maximum absolute atomic E-state index is 12.1. The van der Waals surface area contributed by atoms with E-state index in [0.29, 0.717) is 17.1 Å². The van der Waals surface area contributed by atoms with Crippen LogP contribution in [0.5, 0.6) is 5.75 Å². The van der Waals surface area contributed by atoms with Gasteiger partial charge in [-0.1, -0.05) is 18.2 Å². The highest BCUT2D eigenvalue weighted by molar-refractivity contribution is 5.96. The Hall–Kier alpha value is -3.35. The molecule has 0 saturated carbocycles. The van der Waals surface area contributed by atoms with E-state index in [1.54, 1.807) is 24.3 Å². The number of aromatic amines is 1. The zero-order valence-corrected chi connectivity index (χ0v) is 14.6. The van der Waals surface area contributed by atoms with Gasteiger partial charge >= 0.3 is 0 Å². The molecular weight excluding hydrogens is 332 g/mol. The normalized spacial score (nSPS) is 11.8. The van der Waals surface area contributed by atoms with Gasteiger partial charge in [0.25, 0.3) is 5.91 Å². The Kier molecular flexibility index (Phi) is 5.17. The van der Waals surface area contributed by atoms with Crippen LogP contribution in [0.1, 0.15) is 29.1 Å². The monoisotopic (exact) mass is 352 g/mol. The molecule has 1 unspecified atom stereocenters. The van der Waals surface area contributed by atoms with E-state index >= 15 is 0 Å². The van der Waals surface area contributed by atoms with E-state index in [4.69, 9.17) is 4.74 Å². The van der Waals surface area contributed by atoms with Gasteiger partial charge in [-0.05, 0) is 37.3 Å². The number of nitrogens with zero attached hydrogens (tertiary/aromatic N) is 1. The number of hydrogen-bond acceptors (Lipinski definition) is 4. The van der Waals surface area contributed by atoms with Crippen LogP contribution in [0.25, 0.3) is 11.0 Å². The van der Waals surface area contributed by atoms with Gasteiger partial charge in [0.2, 0.25) is 5.91 Å². The van der Waals surface area contributed by atoms with Gasteiger partial charge in [-0.3, -0.25) is 9.59 Å². The first-order chi connectivity index (χ1) is 12.6. The van der Waals surface area contributed by atoms with Gasteiger partial charge in [-0.2, -0.15) is 0 Å². The smallest absolute Gasteiger partial charge is 0.251 e. The van der Waals surface area contributed by atoms with Crippen molar-refractivity contribution in [2.45, 2.75) is 13.0 Å². The van der Waals surface area contributed by atoms with Crippen molar-refractivity contribution in [2.24, 2.45) is 0 Å². The first-order valence-corrected chi connectivity index (χ1v) is 8.23. The fourth-order valence-corrected chi connectivity index (χ4v) is 2.57. The molecule has 0 radical (unpaired) electrons. The summed E-state index contributed by atoms with van der Waals surface area (Å²) >= 11 is 0. The third-order valence-electron chi connectivity index (χ3n) is 3.94. The molecule has 0 bridgehead atoms. The number of ether oxygens (including phenoxy) is 1. The zero-order valence-electron chi connectivity index (χ0n) is 14.6. The quantitative estimate of drug-likeness (QED) is 0.633. The lowest BCUT2D eigenvalue weighted by atomic mass is 10.2. The molecule has 1 atom stereocenters. The lowest BCUT2D eigenvalue weighted by Gasteiger charge is -2.12. The molecule has 134 valence electrons. The number of H-pyrrole nitrogens is 1. The third kappa shape index (κ3) is 4.00. The van der Waals surface area contributed by atoms with Crippen LogP contribution in [0.3, 0.4) is 0 Å². The fourth-order valence-electron chi connectivity index (χ4n) is 2.57. The number of benzene rings is 2. The summed E-state index contributed by atoms with van der Waals surface area (Å²) in [4.78, 5) is 31.9. The molecule has 7 heteroatoms. The van der Waals surface area contributed by atoms with Crippen LogP contribution in [0.4, 0.5) is 0 Å². The second-order valence-corrected chi connectivity index (χ2v) is 5.84. The summed E-state index contributed by atoms with van der Waals surface area (Å²) in [7, 11) is 1.53. The highest BCUT2D eigenvalue weighted by Gasteiger charge is 2.14. The third-order valence-corrected chi connectivity index (χ3v) is 3.94. The maximum atomic E-state index is 12.1. The first kappa shape index (κ1) is 17.5. The highest BCUT2D eigenvalue weighted by Crippen LogP contribution is 2.15. The van der Waals surface area contributed by atoms with Crippen LogP contribution >= 0.6 is 0 Å². The number of imidazole rings is 1. The summed E-state index contributed by atoms with van der Waals surface area (Å²) in [5, 5.41) is 5.41. The van der Waals surface area contributed by atoms with Gasteiger partial charge in [0.15, 0.2) is 0 Å². The number of fused-ring (bicyclic) bond motifs is 1. The zero-order chi connectivity index (χ0) is 18.5. The average Bonchev–Trinajstić information content (AvgIpc) is 3.10. The molecule has 0 spiro atoms. The largest absolute Gasteiger partial charge is 0.497 e. The van der Waals surface area contributed by atoms with Crippen LogP contribution in [0, 0.1) is 0 Å². The standard InChI is InChI=1S/C19H20N4O3/c1-12(18-22-15-8-3-4-9-16(15)23-18)21-17(24)11-20-19(25)13-6-5-7-14(10-13)26-2/h3-10,12H,11H2,1-2H3,(H,20,25)(H,21,24)(H,22,23). The SMILES string of the molecule is COc1cccc(C(=O)NCC(=O)NC(C)c2nc3ccccc3[nH]2)c1. The van der Waals surface area contributed by atoms with Crippen molar-refractivity contribution in [2.75, 3.05) is 13.7 Å². The predicted molar refractivity (Wildman–Crippen MR) is 98.0 cm³/mol. The van der Waals surface area contributed by atoms with Gasteiger partial charge in [-0.15, -0.1) is 0 Å². The molecular formula is C19H20N4O3. The summed E-state index contributed by atoms with van der Waals surface area (Å²) < 4.78 is 5.09. The molecule has 2 amide bonds. The minimum Gasteiger partial charge on any atom is -0.497 e. The topological polar surface area (TPSA) is 96.1 Å². The minimum absolute atomic E-state index is 0.124. The van der Waals surface area contributed by atoms with E-state index in [9.17, 15) is 9.59 Å². The number of carbonyl (C=O) groups excluding carboxylic acids is 2. The molecule has 3 rings (SSSR count). The van der Waals surface area contributed by atoms with Crippen molar-refractivity contribution in [3.8, 4) is 5.75 Å². The van der Waals surface area contributed by atoms with Gasteiger partial charge in [0.05, 0.1) is 30.7 Å². The van der Waals surface area contributed by atoms with Crippen molar-refractivity contribution in [1.29, 1.82) is 0 Å². The average molecular weight is 352 g/mol. The Morgan fingerprint density at radius 2 is 2.00 bits per heavy atom. The van der Waals surface area contributed by atoms with Crippen LogP contribution in [-0.2, 0) is 4.79 Å². The van der Waals surface area contributed by atoms with E-state index in [2.05, 4.69) is 20.6 Å². The molecule has 0 aliphatic rings. The summed E-state index contributed by atoms with van der Waals surface area (Å²) in [5.41, 5.74) is 2.19. The molecule has 2 aromatic carbocycles. The number of para-hydroxylation sites is 2. The first-order valence-electron chi connectivity index (χ1n) is 8.23. The summed E-state index contributed by atoms with van der Waals surface area (Å²) in [5.74, 6) is 0.615. The minimum atomic E-state index is -0.338. The Bertz CT molecular complexity index is 902. The Morgan fingerprint density at radius 3 is 2.77 bits per heavy atom. The van der Waals surface area contributed by atoms with Crippen LogP contribution in [0.2, 0.25) is 0 Å². The lowest BCUT2D eigenvalue weighted by molar-refractivity contribution is -0.120. The van der Waals surface area contributed by atoms with Crippen LogP contribution < -0.4 is 15.4 Å². The molecule has 1 heterocycles. The Balaban J connectivity index is 1.55. The number of rotatable bonds is 6. The van der Waals surface area contributed by atoms with Crippen LogP contribution in [-0.4, -0.2) is 35.4 Å². The molecule has 26 heavy (non-hydrogen) atoms. The molecule has 0 aliphatic carbocycles. The second kappa shape index (κ2) is 7.69. The van der Waals surface area contributed by atoms with Gasteiger partial charge in [0.1, 0.15) is 11.6 Å². The summed E-state index contributed by atoms with van der Waals surface area (Å²) in [6.45, 7) is 1.71. The Labute approximate surface area is 150 Å². The van der Waals surface area contributed by atoms with Gasteiger partial charge in [0, 0.05) is 5.56 Å². The molecule has 1 aromatic heterocycles. The van der Waals surface area contributed by atoms with E-state index < -0.39 is 0 Å². The van der Waals surface area contributed by atoms with E-state index in [-0.39, 0.29) is 24.4 Å². The molecule has 0 fully saturated rings. The van der Waals surface area contributed by atoms with E-state index in [1.807, 2.05) is 31.2 Å². The number of aromatic nitrogens is 2. The molecule has 3 aromatic rings. The van der Waals surface area contributed by atoms with Crippen LogP contribution in [0.15, 0.2) is 48.5 Å². The fraction of sp³-hybridized carbons (Fsp3) is 0.211. The second-order valence-electron chi connectivity index (χ2n) is 5.84. The van der Waals surface area contributed by atoms with Gasteiger partial charge in [-0.25, -0.2) is 4.98 Å². The van der Waals surface area contributed by atoms with E-state index in [1.165, 1.54) is 7.11 Å². The number of amides is 2. The number of hydrogen-bond donors (Lipinski definition) is 3. The summed E-state index contributed by atoms with van der Waals surface area (Å²) in [6, 6.07) is 14.1. The molecule has 0 aliphatic heterocycles. The molecule has 0 saturated heterocycles. The molecule has 3 N–H and O–H groups in total. The van der Waals surface area contributed by atoms with Crippen molar-refractivity contribution in [3.05, 3.63) is 59.9 Å². The predicted octanol–water partition coefficient (Wildman–Crippen LogP) is 2.18. The lowest BCUT2D eigenvalue weighted by Crippen LogP contribution is -2.38. The number of carbonyl (C=O) groups is 2. The van der Waals surface area contributed by atoms with Crippen molar-refractivity contribution < 1.29 is 14.3 Å².